The van der Waals surface area contributed by atoms with Crippen molar-refractivity contribution in [3.63, 3.8) is 0 Å². The van der Waals surface area contributed by atoms with Crippen LogP contribution < -0.4 is 9.47 Å². The first kappa shape index (κ1) is 18.2. The Balaban J connectivity index is 1.98. The summed E-state index contributed by atoms with van der Waals surface area (Å²) >= 11 is 3.20. The lowest BCUT2D eigenvalue weighted by atomic mass is 10.2. The molecule has 0 atom stereocenters. The number of rotatable bonds is 7. The number of alkyl halides is 2. The zero-order valence-corrected chi connectivity index (χ0v) is 14.5. The van der Waals surface area contributed by atoms with E-state index in [1.54, 1.807) is 13.1 Å². The average Bonchev–Trinajstić information content (AvgIpc) is 2.54. The minimum atomic E-state index is -2.97. The Kier molecular flexibility index (Phi) is 6.54. The molecule has 0 aromatic heterocycles. The highest BCUT2D eigenvalue weighted by Crippen LogP contribution is 2.36. The van der Waals surface area contributed by atoms with E-state index in [2.05, 4.69) is 20.7 Å². The molecular weight excluding hydrogens is 384 g/mol. The van der Waals surface area contributed by atoms with Crippen LogP contribution in [0.3, 0.4) is 0 Å². The van der Waals surface area contributed by atoms with Gasteiger partial charge in [0.05, 0.1) is 4.47 Å². The van der Waals surface area contributed by atoms with E-state index in [1.807, 2.05) is 30.3 Å². The summed E-state index contributed by atoms with van der Waals surface area (Å²) in [7, 11) is 1.65. The van der Waals surface area contributed by atoms with Crippen LogP contribution in [0.4, 0.5) is 8.78 Å². The van der Waals surface area contributed by atoms with Crippen molar-refractivity contribution in [2.24, 2.45) is 0 Å². The van der Waals surface area contributed by atoms with Crippen LogP contribution in [0.2, 0.25) is 0 Å². The molecule has 128 valence electrons. The van der Waals surface area contributed by atoms with E-state index in [1.165, 1.54) is 17.0 Å². The van der Waals surface area contributed by atoms with E-state index >= 15 is 0 Å². The molecule has 0 N–H and O–H groups in total. The van der Waals surface area contributed by atoms with Gasteiger partial charge in [0.1, 0.15) is 0 Å². The minimum Gasteiger partial charge on any atom is -0.479 e. The number of amides is 1. The van der Waals surface area contributed by atoms with Gasteiger partial charge < -0.3 is 14.4 Å². The van der Waals surface area contributed by atoms with Gasteiger partial charge in [-0.2, -0.15) is 8.78 Å². The molecule has 0 aliphatic carbocycles. The maximum Gasteiger partial charge on any atom is 0.387 e. The van der Waals surface area contributed by atoms with Gasteiger partial charge in [-0.15, -0.1) is 0 Å². The lowest BCUT2D eigenvalue weighted by Gasteiger charge is -2.19. The van der Waals surface area contributed by atoms with E-state index in [0.717, 1.165) is 5.56 Å². The molecule has 1 amide bonds. The summed E-state index contributed by atoms with van der Waals surface area (Å²) < 4.78 is 35.1. The summed E-state index contributed by atoms with van der Waals surface area (Å²) in [5.74, 6) is -0.338. The normalized spacial score (nSPS) is 10.5. The third-order valence-corrected chi connectivity index (χ3v) is 3.80. The van der Waals surface area contributed by atoms with E-state index < -0.39 is 6.61 Å². The number of para-hydroxylation sites is 1. The van der Waals surface area contributed by atoms with Crippen LogP contribution in [0, 0.1) is 0 Å². The number of carbonyl (C=O) groups is 1. The lowest BCUT2D eigenvalue weighted by molar-refractivity contribution is -0.132. The molecule has 0 unspecified atom stereocenters. The Morgan fingerprint density at radius 1 is 1.17 bits per heavy atom. The van der Waals surface area contributed by atoms with Crippen molar-refractivity contribution < 1.29 is 23.0 Å². The second-order valence-corrected chi connectivity index (χ2v) is 5.82. The van der Waals surface area contributed by atoms with Gasteiger partial charge in [-0.05, 0) is 33.6 Å². The van der Waals surface area contributed by atoms with Crippen molar-refractivity contribution in [3.8, 4) is 11.5 Å². The molecule has 0 radical (unpaired) electrons. The molecule has 0 saturated carbocycles. The Morgan fingerprint density at radius 2 is 1.88 bits per heavy atom. The topological polar surface area (TPSA) is 38.8 Å². The van der Waals surface area contributed by atoms with Crippen molar-refractivity contribution >= 4 is 21.8 Å². The summed E-state index contributed by atoms with van der Waals surface area (Å²) in [6.45, 7) is -2.83. The summed E-state index contributed by atoms with van der Waals surface area (Å²) in [4.78, 5) is 13.7. The van der Waals surface area contributed by atoms with Crippen LogP contribution in [-0.4, -0.2) is 31.1 Å². The van der Waals surface area contributed by atoms with Crippen molar-refractivity contribution in [1.82, 2.24) is 4.90 Å². The first-order chi connectivity index (χ1) is 11.5. The second kappa shape index (κ2) is 8.63. The Morgan fingerprint density at radius 3 is 2.54 bits per heavy atom. The number of halogens is 3. The van der Waals surface area contributed by atoms with Crippen LogP contribution in [0.25, 0.3) is 0 Å². The molecule has 2 aromatic carbocycles. The average molecular weight is 400 g/mol. The van der Waals surface area contributed by atoms with Gasteiger partial charge in [0.2, 0.25) is 0 Å². The molecule has 0 aliphatic heterocycles. The number of benzene rings is 2. The van der Waals surface area contributed by atoms with E-state index in [4.69, 9.17) is 4.74 Å². The molecule has 4 nitrogen and oxygen atoms in total. The molecule has 0 spiro atoms. The highest BCUT2D eigenvalue weighted by Gasteiger charge is 2.16. The Bertz CT molecular complexity index is 683. The van der Waals surface area contributed by atoms with Gasteiger partial charge in [-0.1, -0.05) is 36.4 Å². The molecule has 0 saturated heterocycles. The number of ether oxygens (including phenoxy) is 2. The third-order valence-electron chi connectivity index (χ3n) is 3.18. The molecule has 0 heterocycles. The van der Waals surface area contributed by atoms with E-state index in [9.17, 15) is 13.6 Å². The fraction of sp³-hybridized carbons (Fsp3) is 0.235. The van der Waals surface area contributed by atoms with Crippen LogP contribution >= 0.6 is 15.9 Å². The summed E-state index contributed by atoms with van der Waals surface area (Å²) in [6.07, 6.45) is 0. The maximum absolute atomic E-state index is 12.4. The molecule has 24 heavy (non-hydrogen) atoms. The Hall–Kier alpha value is -2.15. The van der Waals surface area contributed by atoms with Crippen molar-refractivity contribution in [3.05, 3.63) is 58.6 Å². The van der Waals surface area contributed by atoms with Crippen LogP contribution in [0.5, 0.6) is 11.5 Å². The lowest BCUT2D eigenvalue weighted by Crippen LogP contribution is -2.31. The van der Waals surface area contributed by atoms with Crippen LogP contribution in [-0.2, 0) is 11.3 Å². The smallest absolute Gasteiger partial charge is 0.387 e. The van der Waals surface area contributed by atoms with Crippen molar-refractivity contribution in [2.75, 3.05) is 13.7 Å². The zero-order valence-electron chi connectivity index (χ0n) is 12.9. The molecule has 2 aromatic rings. The fourth-order valence-corrected chi connectivity index (χ4v) is 2.47. The third kappa shape index (κ3) is 5.19. The monoisotopic (exact) mass is 399 g/mol. The highest BCUT2D eigenvalue weighted by atomic mass is 79.9. The quantitative estimate of drug-likeness (QED) is 0.703. The van der Waals surface area contributed by atoms with Gasteiger partial charge >= 0.3 is 6.61 Å². The van der Waals surface area contributed by atoms with Crippen LogP contribution in [0.1, 0.15) is 5.56 Å². The standard InChI is InChI=1S/C17H16BrF2NO3/c1-21(10-12-6-3-2-4-7-12)15(22)11-23-16-13(18)8-5-9-14(16)24-17(19)20/h2-9,17H,10-11H2,1H3. The molecule has 0 bridgehead atoms. The van der Waals surface area contributed by atoms with Gasteiger partial charge in [0.25, 0.3) is 5.91 Å². The van der Waals surface area contributed by atoms with E-state index in [0.29, 0.717) is 11.0 Å². The number of nitrogens with zero attached hydrogens (tertiary/aromatic N) is 1. The van der Waals surface area contributed by atoms with Crippen molar-refractivity contribution in [2.45, 2.75) is 13.2 Å². The first-order valence-corrected chi connectivity index (χ1v) is 7.90. The predicted octanol–water partition coefficient (Wildman–Crippen LogP) is 4.09. The SMILES string of the molecule is CN(Cc1ccccc1)C(=O)COc1c(Br)cccc1OC(F)F. The largest absolute Gasteiger partial charge is 0.479 e. The molecule has 0 fully saturated rings. The van der Waals surface area contributed by atoms with Gasteiger partial charge in [0.15, 0.2) is 18.1 Å². The molecule has 2 rings (SSSR count). The Labute approximate surface area is 147 Å². The maximum atomic E-state index is 12.4. The summed E-state index contributed by atoms with van der Waals surface area (Å²) in [6, 6.07) is 14.0. The minimum absolute atomic E-state index is 0.0688. The van der Waals surface area contributed by atoms with Gasteiger partial charge in [0, 0.05) is 13.6 Å². The fourth-order valence-electron chi connectivity index (χ4n) is 2.01. The number of hydrogen-bond acceptors (Lipinski definition) is 3. The first-order valence-electron chi connectivity index (χ1n) is 7.11. The molecule has 7 heteroatoms. The van der Waals surface area contributed by atoms with E-state index in [-0.39, 0.29) is 24.0 Å². The molecular formula is C17H16BrF2NO3. The zero-order chi connectivity index (χ0) is 17.5. The second-order valence-electron chi connectivity index (χ2n) is 4.97. The molecule has 0 aliphatic rings. The summed E-state index contributed by atoms with van der Waals surface area (Å²) in [5, 5.41) is 0. The number of likely N-dealkylation sites (N-methyl/N-ethyl adjacent to an activating group) is 1. The highest BCUT2D eigenvalue weighted by molar-refractivity contribution is 9.10. The predicted molar refractivity (Wildman–Crippen MR) is 89.2 cm³/mol. The van der Waals surface area contributed by atoms with Gasteiger partial charge in [-0.3, -0.25) is 4.79 Å². The van der Waals surface area contributed by atoms with Crippen LogP contribution in [0.15, 0.2) is 53.0 Å². The summed E-state index contributed by atoms with van der Waals surface area (Å²) in [5.41, 5.74) is 0.982. The number of carbonyl (C=O) groups excluding carboxylic acids is 1. The number of hydrogen-bond donors (Lipinski definition) is 0. The van der Waals surface area contributed by atoms with Gasteiger partial charge in [-0.25, -0.2) is 0 Å². The van der Waals surface area contributed by atoms with Crippen molar-refractivity contribution in [1.29, 1.82) is 0 Å².